The van der Waals surface area contributed by atoms with Gasteiger partial charge in [-0.2, -0.15) is 0 Å². The molecular formula is C7H16ClNO3. The standard InChI is InChI=1S/C7H15NO3.ClH/c1-4-2-8-3-5(9)7(11)6(4)10;/h4-11H,2-3H2,1H3;1H/t4-,5-,6-,7-;/m1./s1. The number of rotatable bonds is 0. The first-order valence-corrected chi connectivity index (χ1v) is 3.88. The summed E-state index contributed by atoms with van der Waals surface area (Å²) in [6.07, 6.45) is -2.69. The molecule has 74 valence electrons. The zero-order chi connectivity index (χ0) is 8.43. The molecule has 1 aliphatic heterocycles. The van der Waals surface area contributed by atoms with Gasteiger partial charge in [-0.1, -0.05) is 6.92 Å². The van der Waals surface area contributed by atoms with Crippen molar-refractivity contribution in [3.63, 3.8) is 0 Å². The van der Waals surface area contributed by atoms with E-state index in [1.807, 2.05) is 6.92 Å². The van der Waals surface area contributed by atoms with Gasteiger partial charge in [-0.3, -0.25) is 0 Å². The highest BCUT2D eigenvalue weighted by atomic mass is 35.5. The third-order valence-electron chi connectivity index (χ3n) is 2.15. The van der Waals surface area contributed by atoms with Crippen LogP contribution in [0.25, 0.3) is 0 Å². The molecule has 1 heterocycles. The molecule has 0 aromatic heterocycles. The Bertz CT molecular complexity index is 122. The van der Waals surface area contributed by atoms with Crippen LogP contribution in [0.1, 0.15) is 6.92 Å². The second-order valence-electron chi connectivity index (χ2n) is 3.18. The minimum Gasteiger partial charge on any atom is -0.390 e. The molecular weight excluding hydrogens is 182 g/mol. The highest BCUT2D eigenvalue weighted by Gasteiger charge is 2.31. The third-order valence-corrected chi connectivity index (χ3v) is 2.15. The molecule has 0 aliphatic carbocycles. The number of aliphatic hydroxyl groups excluding tert-OH is 3. The second-order valence-corrected chi connectivity index (χ2v) is 3.18. The van der Waals surface area contributed by atoms with Crippen LogP contribution in [0.2, 0.25) is 0 Å². The lowest BCUT2D eigenvalue weighted by Gasteiger charge is -2.21. The Morgan fingerprint density at radius 2 is 1.67 bits per heavy atom. The first-order valence-electron chi connectivity index (χ1n) is 3.88. The van der Waals surface area contributed by atoms with E-state index in [2.05, 4.69) is 5.32 Å². The summed E-state index contributed by atoms with van der Waals surface area (Å²) in [7, 11) is 0. The van der Waals surface area contributed by atoms with Gasteiger partial charge in [-0.25, -0.2) is 0 Å². The van der Waals surface area contributed by atoms with E-state index in [4.69, 9.17) is 0 Å². The molecule has 0 radical (unpaired) electrons. The zero-order valence-electron chi connectivity index (χ0n) is 6.97. The maximum absolute atomic E-state index is 9.35. The molecule has 4 atom stereocenters. The van der Waals surface area contributed by atoms with Crippen LogP contribution in [-0.4, -0.2) is 46.7 Å². The molecule has 1 rings (SSSR count). The van der Waals surface area contributed by atoms with Crippen molar-refractivity contribution < 1.29 is 15.3 Å². The Kier molecular flexibility index (Phi) is 5.04. The van der Waals surface area contributed by atoms with E-state index in [-0.39, 0.29) is 18.3 Å². The van der Waals surface area contributed by atoms with Gasteiger partial charge < -0.3 is 20.6 Å². The number of β-amino-alcohol motifs (C(OH)–C–C–N with tert-alkyl or cyclic N) is 1. The molecule has 0 saturated carbocycles. The topological polar surface area (TPSA) is 72.7 Å². The average molecular weight is 198 g/mol. The molecule has 0 amide bonds. The largest absolute Gasteiger partial charge is 0.390 e. The number of aliphatic hydroxyl groups is 3. The van der Waals surface area contributed by atoms with Crippen LogP contribution in [0.4, 0.5) is 0 Å². The molecule has 5 heteroatoms. The number of nitrogens with one attached hydrogen (secondary N) is 1. The second kappa shape index (κ2) is 4.99. The fraction of sp³-hybridized carbons (Fsp3) is 1.00. The van der Waals surface area contributed by atoms with Crippen molar-refractivity contribution in [2.24, 2.45) is 5.92 Å². The summed E-state index contributed by atoms with van der Waals surface area (Å²) in [6, 6.07) is 0. The summed E-state index contributed by atoms with van der Waals surface area (Å²) in [6.45, 7) is 2.82. The maximum atomic E-state index is 9.35. The fourth-order valence-corrected chi connectivity index (χ4v) is 1.26. The van der Waals surface area contributed by atoms with E-state index in [9.17, 15) is 15.3 Å². The van der Waals surface area contributed by atoms with Crippen LogP contribution in [0.15, 0.2) is 0 Å². The Labute approximate surface area is 78.0 Å². The Morgan fingerprint density at radius 1 is 1.08 bits per heavy atom. The smallest absolute Gasteiger partial charge is 0.107 e. The van der Waals surface area contributed by atoms with Crippen LogP contribution in [0.3, 0.4) is 0 Å². The average Bonchev–Trinajstić information content (AvgIpc) is 2.07. The van der Waals surface area contributed by atoms with E-state index in [0.717, 1.165) is 0 Å². The SMILES string of the molecule is C[C@@H]1CNC[C@@H](O)[C@@H](O)[C@@H]1O.Cl. The lowest BCUT2D eigenvalue weighted by Crippen LogP contribution is -2.40. The molecule has 0 aromatic carbocycles. The van der Waals surface area contributed by atoms with Crippen LogP contribution in [-0.2, 0) is 0 Å². The summed E-state index contributed by atoms with van der Waals surface area (Å²) < 4.78 is 0. The Balaban J connectivity index is 0.00000121. The Hall–Kier alpha value is 0.130. The molecule has 12 heavy (non-hydrogen) atoms. The van der Waals surface area contributed by atoms with Crippen molar-refractivity contribution >= 4 is 12.4 Å². The van der Waals surface area contributed by atoms with E-state index in [1.54, 1.807) is 0 Å². The third kappa shape index (κ3) is 2.57. The van der Waals surface area contributed by atoms with E-state index in [1.165, 1.54) is 0 Å². The number of hydrogen-bond donors (Lipinski definition) is 4. The predicted octanol–water partition coefficient (Wildman–Crippen LogP) is -1.27. The summed E-state index contributed by atoms with van der Waals surface area (Å²) in [5, 5.41) is 30.7. The van der Waals surface area contributed by atoms with Gasteiger partial charge in [0.2, 0.25) is 0 Å². The summed E-state index contributed by atoms with van der Waals surface area (Å²) >= 11 is 0. The molecule has 1 saturated heterocycles. The zero-order valence-corrected chi connectivity index (χ0v) is 7.79. The molecule has 1 aliphatic rings. The van der Waals surface area contributed by atoms with Gasteiger partial charge in [-0.15, -0.1) is 12.4 Å². The molecule has 1 fully saturated rings. The summed E-state index contributed by atoms with van der Waals surface area (Å²) in [4.78, 5) is 0. The van der Waals surface area contributed by atoms with E-state index in [0.29, 0.717) is 13.1 Å². The number of halogens is 1. The highest BCUT2D eigenvalue weighted by molar-refractivity contribution is 5.85. The van der Waals surface area contributed by atoms with Gasteiger partial charge >= 0.3 is 0 Å². The first-order chi connectivity index (χ1) is 5.13. The Morgan fingerprint density at radius 3 is 2.25 bits per heavy atom. The molecule has 0 bridgehead atoms. The van der Waals surface area contributed by atoms with Gasteiger partial charge in [-0.05, 0) is 5.92 Å². The van der Waals surface area contributed by atoms with Gasteiger partial charge in [0, 0.05) is 13.1 Å². The lowest BCUT2D eigenvalue weighted by molar-refractivity contribution is -0.0647. The van der Waals surface area contributed by atoms with E-state index < -0.39 is 18.3 Å². The van der Waals surface area contributed by atoms with Gasteiger partial charge in [0.15, 0.2) is 0 Å². The van der Waals surface area contributed by atoms with Gasteiger partial charge in [0.1, 0.15) is 6.10 Å². The molecule has 4 N–H and O–H groups in total. The maximum Gasteiger partial charge on any atom is 0.107 e. The number of hydrogen-bond acceptors (Lipinski definition) is 4. The molecule has 4 nitrogen and oxygen atoms in total. The van der Waals surface area contributed by atoms with E-state index >= 15 is 0 Å². The monoisotopic (exact) mass is 197 g/mol. The minimum absolute atomic E-state index is 0. The molecule has 0 unspecified atom stereocenters. The molecule has 0 aromatic rings. The predicted molar refractivity (Wildman–Crippen MR) is 47.3 cm³/mol. The van der Waals surface area contributed by atoms with Crippen molar-refractivity contribution in [1.82, 2.24) is 5.32 Å². The highest BCUT2D eigenvalue weighted by Crippen LogP contribution is 2.12. The van der Waals surface area contributed by atoms with Crippen LogP contribution < -0.4 is 5.32 Å². The first kappa shape index (κ1) is 12.1. The van der Waals surface area contributed by atoms with Crippen LogP contribution in [0.5, 0.6) is 0 Å². The van der Waals surface area contributed by atoms with Crippen molar-refractivity contribution in [3.05, 3.63) is 0 Å². The lowest BCUT2D eigenvalue weighted by atomic mass is 9.99. The molecule has 0 spiro atoms. The fourth-order valence-electron chi connectivity index (χ4n) is 1.26. The van der Waals surface area contributed by atoms with Crippen molar-refractivity contribution in [3.8, 4) is 0 Å². The minimum atomic E-state index is -1.01. The summed E-state index contributed by atoms with van der Waals surface area (Å²) in [5.41, 5.74) is 0. The van der Waals surface area contributed by atoms with Crippen LogP contribution in [0, 0.1) is 5.92 Å². The van der Waals surface area contributed by atoms with Gasteiger partial charge in [0.25, 0.3) is 0 Å². The van der Waals surface area contributed by atoms with Crippen molar-refractivity contribution in [2.75, 3.05) is 13.1 Å². The van der Waals surface area contributed by atoms with Gasteiger partial charge in [0.05, 0.1) is 12.2 Å². The van der Waals surface area contributed by atoms with Crippen LogP contribution >= 0.6 is 12.4 Å². The summed E-state index contributed by atoms with van der Waals surface area (Å²) in [5.74, 6) is -0.0119. The van der Waals surface area contributed by atoms with Crippen molar-refractivity contribution in [2.45, 2.75) is 25.2 Å². The quantitative estimate of drug-likeness (QED) is 0.391. The van der Waals surface area contributed by atoms with Crippen molar-refractivity contribution in [1.29, 1.82) is 0 Å². The normalized spacial score (nSPS) is 43.0.